The summed E-state index contributed by atoms with van der Waals surface area (Å²) >= 11 is 0. The van der Waals surface area contributed by atoms with Gasteiger partial charge in [0.2, 0.25) is 15.8 Å². The van der Waals surface area contributed by atoms with Crippen molar-refractivity contribution in [1.29, 1.82) is 0 Å². The number of halogens is 1. The van der Waals surface area contributed by atoms with Gasteiger partial charge in [-0.05, 0) is 32.6 Å². The molecule has 4 aliphatic rings. The molecule has 38 heavy (non-hydrogen) atoms. The van der Waals surface area contributed by atoms with Gasteiger partial charge in [0.1, 0.15) is 24.1 Å². The number of carbonyl (C=O) groups excluding carboxylic acids is 1. The van der Waals surface area contributed by atoms with Crippen LogP contribution in [0.4, 0.5) is 9.18 Å². The molecule has 2 atom stereocenters. The van der Waals surface area contributed by atoms with Gasteiger partial charge >= 0.3 is 6.09 Å². The van der Waals surface area contributed by atoms with Crippen molar-refractivity contribution >= 4 is 16.1 Å². The van der Waals surface area contributed by atoms with Crippen LogP contribution in [-0.4, -0.2) is 110 Å². The minimum atomic E-state index is -3.41. The van der Waals surface area contributed by atoms with Gasteiger partial charge < -0.3 is 28.6 Å². The number of hydrogen-bond donors (Lipinski definition) is 0. The first-order chi connectivity index (χ1) is 18.2. The number of hydrogen-bond acceptors (Lipinski definition) is 10. The van der Waals surface area contributed by atoms with E-state index in [0.29, 0.717) is 39.1 Å². The van der Waals surface area contributed by atoms with Crippen molar-refractivity contribution in [3.05, 3.63) is 12.1 Å². The molecule has 1 saturated carbocycles. The third kappa shape index (κ3) is 6.13. The van der Waals surface area contributed by atoms with E-state index in [1.165, 1.54) is 17.7 Å². The van der Waals surface area contributed by atoms with Crippen molar-refractivity contribution in [2.45, 2.75) is 50.4 Å². The Bertz CT molecular complexity index is 1100. The van der Waals surface area contributed by atoms with E-state index in [1.807, 2.05) is 6.92 Å². The summed E-state index contributed by atoms with van der Waals surface area (Å²) in [6, 6.07) is 0. The van der Waals surface area contributed by atoms with Crippen LogP contribution in [0.25, 0.3) is 0 Å². The summed E-state index contributed by atoms with van der Waals surface area (Å²) in [5, 5.41) is 0. The Morgan fingerprint density at radius 3 is 2.37 bits per heavy atom. The molecular weight excluding hydrogens is 523 g/mol. The lowest BCUT2D eigenvalue weighted by Gasteiger charge is -2.46. The van der Waals surface area contributed by atoms with Gasteiger partial charge in [-0.1, -0.05) is 0 Å². The summed E-state index contributed by atoms with van der Waals surface area (Å²) in [5.41, 5.74) is -0.356. The van der Waals surface area contributed by atoms with Crippen molar-refractivity contribution < 1.29 is 41.3 Å². The van der Waals surface area contributed by atoms with Crippen LogP contribution in [0.5, 0.6) is 11.8 Å². The zero-order valence-corrected chi connectivity index (χ0v) is 22.5. The Hall–Kier alpha value is -2.29. The van der Waals surface area contributed by atoms with Crippen LogP contribution in [0.3, 0.4) is 0 Å². The molecule has 0 aromatic carbocycles. The lowest BCUT2D eigenvalue weighted by molar-refractivity contribution is -0.112. The van der Waals surface area contributed by atoms with E-state index in [9.17, 15) is 13.2 Å². The van der Waals surface area contributed by atoms with Gasteiger partial charge in [-0.25, -0.2) is 17.5 Å². The first kappa shape index (κ1) is 27.3. The fourth-order valence-corrected chi connectivity index (χ4v) is 6.53. The highest BCUT2D eigenvalue weighted by molar-refractivity contribution is 7.89. The smallest absolute Gasteiger partial charge is 0.410 e. The second-order valence-corrected chi connectivity index (χ2v) is 12.8. The number of aromatic nitrogens is 2. The maximum atomic E-state index is 15.4. The average molecular weight is 559 g/mol. The molecule has 4 heterocycles. The van der Waals surface area contributed by atoms with Gasteiger partial charge in [-0.15, -0.1) is 0 Å². The number of sulfonamides is 1. The molecule has 3 saturated heterocycles. The predicted molar refractivity (Wildman–Crippen MR) is 131 cm³/mol. The quantitative estimate of drug-likeness (QED) is 0.439. The minimum absolute atomic E-state index is 0.0806. The van der Waals surface area contributed by atoms with Crippen LogP contribution < -0.4 is 9.47 Å². The van der Waals surface area contributed by atoms with Crippen molar-refractivity contribution in [2.24, 2.45) is 11.8 Å². The maximum absolute atomic E-state index is 15.4. The van der Waals surface area contributed by atoms with Crippen LogP contribution in [0, 0.1) is 17.7 Å². The van der Waals surface area contributed by atoms with Crippen LogP contribution in [0.2, 0.25) is 0 Å². The van der Waals surface area contributed by atoms with Gasteiger partial charge in [0.05, 0.1) is 25.6 Å². The van der Waals surface area contributed by atoms with Crippen molar-refractivity contribution in [3.63, 3.8) is 0 Å². The largest absolute Gasteiger partial charge is 0.472 e. The highest BCUT2D eigenvalue weighted by Gasteiger charge is 2.47. The second kappa shape index (κ2) is 11.1. The second-order valence-electron chi connectivity index (χ2n) is 10.7. The molecule has 14 heteroatoms. The molecule has 2 bridgehead atoms. The fraction of sp³-hybridized carbons (Fsp3) is 0.792. The summed E-state index contributed by atoms with van der Waals surface area (Å²) < 4.78 is 69.6. The summed E-state index contributed by atoms with van der Waals surface area (Å²) in [7, 11) is -1.95. The number of carbonyl (C=O) groups is 1. The maximum Gasteiger partial charge on any atom is 0.410 e. The van der Waals surface area contributed by atoms with E-state index < -0.39 is 21.9 Å². The molecular formula is C24H35FN4O8S. The highest BCUT2D eigenvalue weighted by atomic mass is 32.2. The first-order valence-electron chi connectivity index (χ1n) is 13.0. The Labute approximate surface area is 221 Å². The topological polar surface area (TPSA) is 130 Å². The van der Waals surface area contributed by atoms with Crippen LogP contribution in [0.15, 0.2) is 6.33 Å². The van der Waals surface area contributed by atoms with E-state index in [4.69, 9.17) is 23.7 Å². The van der Waals surface area contributed by atoms with Gasteiger partial charge in [-0.2, -0.15) is 14.4 Å². The number of piperidine rings is 2. The Balaban J connectivity index is 1.18. The van der Waals surface area contributed by atoms with E-state index in [0.717, 1.165) is 12.8 Å². The third-order valence-electron chi connectivity index (χ3n) is 7.64. The Morgan fingerprint density at radius 1 is 1.13 bits per heavy atom. The van der Waals surface area contributed by atoms with E-state index in [-0.39, 0.29) is 66.8 Å². The summed E-state index contributed by atoms with van der Waals surface area (Å²) in [6.45, 7) is 4.14. The minimum Gasteiger partial charge on any atom is -0.472 e. The Morgan fingerprint density at radius 2 is 1.76 bits per heavy atom. The lowest BCUT2D eigenvalue weighted by Crippen LogP contribution is -2.59. The summed E-state index contributed by atoms with van der Waals surface area (Å²) in [5.74, 6) is -1.64. The molecule has 0 N–H and O–H groups in total. The van der Waals surface area contributed by atoms with Crippen LogP contribution in [0.1, 0.15) is 32.6 Å². The van der Waals surface area contributed by atoms with E-state index >= 15 is 4.39 Å². The molecule has 212 valence electrons. The molecule has 1 aliphatic carbocycles. The van der Waals surface area contributed by atoms with Gasteiger partial charge in [0.25, 0.3) is 11.8 Å². The first-order valence-corrected chi connectivity index (χ1v) is 14.6. The zero-order chi connectivity index (χ0) is 26.9. The summed E-state index contributed by atoms with van der Waals surface area (Å²) in [4.78, 5) is 22.3. The molecule has 1 aromatic rings. The predicted octanol–water partition coefficient (Wildman–Crippen LogP) is 1.45. The van der Waals surface area contributed by atoms with Crippen molar-refractivity contribution in [2.75, 3.05) is 58.9 Å². The van der Waals surface area contributed by atoms with Crippen molar-refractivity contribution in [3.8, 4) is 11.8 Å². The Kier molecular flexibility index (Phi) is 7.94. The number of likely N-dealkylation sites (tertiary alicyclic amines) is 1. The molecule has 4 fully saturated rings. The molecule has 0 spiro atoms. The van der Waals surface area contributed by atoms with Crippen LogP contribution >= 0.6 is 0 Å². The number of ether oxygens (including phenoxy) is 5. The third-order valence-corrected chi connectivity index (χ3v) is 9.47. The molecule has 0 radical (unpaired) electrons. The van der Waals surface area contributed by atoms with Gasteiger partial charge in [0.15, 0.2) is 0 Å². The fourth-order valence-electron chi connectivity index (χ4n) is 5.13. The summed E-state index contributed by atoms with van der Waals surface area (Å²) in [6.07, 6.45) is 2.63. The monoisotopic (exact) mass is 558 g/mol. The molecule has 1 aromatic heterocycles. The molecule has 12 nitrogen and oxygen atoms in total. The average Bonchev–Trinajstić information content (AvgIpc) is 3.61. The highest BCUT2D eigenvalue weighted by Crippen LogP contribution is 2.40. The molecule has 1 amide bonds. The standard InChI is InChI=1S/C24H35FN4O8S/c1-24(5-6-24)37-23(30)28-11-16-13-34-14-17(12-28)20(16)36-22-19(25)21(26-15-27-22)35-18-3-7-29(8-4-18)38(31,32)10-9-33-2/h15-18,20H,3-14H2,1-2H3. The van der Waals surface area contributed by atoms with Crippen LogP contribution in [-0.2, 0) is 24.2 Å². The number of amides is 1. The normalized spacial score (nSPS) is 27.6. The number of methoxy groups -OCH3 is 1. The lowest BCUT2D eigenvalue weighted by atomic mass is 9.84. The van der Waals surface area contributed by atoms with Gasteiger partial charge in [0, 0.05) is 45.1 Å². The number of rotatable bonds is 9. The molecule has 5 rings (SSSR count). The van der Waals surface area contributed by atoms with Gasteiger partial charge in [-0.3, -0.25) is 0 Å². The number of fused-ring (bicyclic) bond motifs is 2. The van der Waals surface area contributed by atoms with E-state index in [1.54, 1.807) is 4.90 Å². The SMILES string of the molecule is COCCS(=O)(=O)N1CCC(Oc2ncnc(OC3C4COCC3CN(C(=O)OC3(C)CC3)C4)c2F)CC1. The molecule has 2 unspecified atom stereocenters. The van der Waals surface area contributed by atoms with E-state index in [2.05, 4.69) is 9.97 Å². The zero-order valence-electron chi connectivity index (χ0n) is 21.7. The van der Waals surface area contributed by atoms with Crippen molar-refractivity contribution in [1.82, 2.24) is 19.2 Å². The number of nitrogens with zero attached hydrogens (tertiary/aromatic N) is 4. The molecule has 3 aliphatic heterocycles.